The molecule has 3 rings (SSSR count). The number of nitrogens with one attached hydrogen (secondary N) is 1. The predicted octanol–water partition coefficient (Wildman–Crippen LogP) is 3.04. The number of para-hydroxylation sites is 1. The number of benzene rings is 2. The van der Waals surface area contributed by atoms with Gasteiger partial charge in [0.2, 0.25) is 0 Å². The van der Waals surface area contributed by atoms with Crippen molar-refractivity contribution in [1.82, 2.24) is 10.2 Å². The number of ether oxygens (including phenoxy) is 1. The summed E-state index contributed by atoms with van der Waals surface area (Å²) in [6.45, 7) is 3.62. The van der Waals surface area contributed by atoms with Gasteiger partial charge in [-0.2, -0.15) is 11.8 Å². The van der Waals surface area contributed by atoms with E-state index in [1.165, 1.54) is 12.1 Å². The average molecular weight is 409 g/mol. The van der Waals surface area contributed by atoms with Gasteiger partial charge < -0.3 is 15.2 Å². The highest BCUT2D eigenvalue weighted by atomic mass is 32.2. The van der Waals surface area contributed by atoms with Gasteiger partial charge >= 0.3 is 0 Å². The molecule has 28 heavy (non-hydrogen) atoms. The third-order valence-corrected chi connectivity index (χ3v) is 5.56. The second kappa shape index (κ2) is 10.8. The molecule has 1 heterocycles. The van der Waals surface area contributed by atoms with Gasteiger partial charge in [-0.3, -0.25) is 4.90 Å². The first-order chi connectivity index (χ1) is 13.6. The number of thioether (sulfide) groups is 1. The molecule has 1 aliphatic rings. The van der Waals surface area contributed by atoms with Crippen molar-refractivity contribution >= 4 is 11.8 Å². The zero-order chi connectivity index (χ0) is 19.8. The molecule has 2 aromatic carbocycles. The molecular formula is C21H26F2N2O2S. The molecule has 1 aliphatic heterocycles. The van der Waals surface area contributed by atoms with E-state index in [0.717, 1.165) is 36.2 Å². The molecule has 1 saturated heterocycles. The zero-order valence-corrected chi connectivity index (χ0v) is 16.6. The molecule has 1 atom stereocenters. The first-order valence-corrected chi connectivity index (χ1v) is 10.6. The van der Waals surface area contributed by atoms with Crippen LogP contribution in [0.3, 0.4) is 0 Å². The second-order valence-electron chi connectivity index (χ2n) is 6.82. The second-order valence-corrected chi connectivity index (χ2v) is 8.05. The Bertz CT molecular complexity index is 757. The van der Waals surface area contributed by atoms with Gasteiger partial charge in [0.1, 0.15) is 30.1 Å². The van der Waals surface area contributed by atoms with Crippen molar-refractivity contribution in [3.8, 4) is 5.75 Å². The van der Waals surface area contributed by atoms with Crippen LogP contribution in [0.4, 0.5) is 8.78 Å². The van der Waals surface area contributed by atoms with Crippen LogP contribution >= 0.6 is 11.8 Å². The van der Waals surface area contributed by atoms with Crippen LogP contribution in [0.25, 0.3) is 0 Å². The topological polar surface area (TPSA) is 44.7 Å². The summed E-state index contributed by atoms with van der Waals surface area (Å²) in [5, 5.41) is 13.4. The van der Waals surface area contributed by atoms with Crippen LogP contribution in [0.1, 0.15) is 11.1 Å². The number of hydrogen-bond donors (Lipinski definition) is 2. The van der Waals surface area contributed by atoms with Gasteiger partial charge in [0, 0.05) is 61.4 Å². The van der Waals surface area contributed by atoms with Gasteiger partial charge in [-0.15, -0.1) is 0 Å². The third-order valence-electron chi connectivity index (χ3n) is 4.62. The van der Waals surface area contributed by atoms with Crippen molar-refractivity contribution in [3.05, 3.63) is 65.2 Å². The normalized spacial score (nSPS) is 16.1. The standard InChI is InChI=1S/C21H26F2N2O2S/c22-18-6-5-16(20(23)11-18)12-24-13-17-3-1-2-4-21(17)27-15-19(26)14-25-7-9-28-10-8-25/h1-6,11,19,24,26H,7-10,12-15H2. The fraction of sp³-hybridized carbons (Fsp3) is 0.429. The third kappa shape index (κ3) is 6.44. The van der Waals surface area contributed by atoms with Gasteiger partial charge in [-0.1, -0.05) is 24.3 Å². The van der Waals surface area contributed by atoms with Crippen LogP contribution in [0.2, 0.25) is 0 Å². The molecule has 1 unspecified atom stereocenters. The van der Waals surface area contributed by atoms with Crippen molar-refractivity contribution in [3.63, 3.8) is 0 Å². The molecule has 4 nitrogen and oxygen atoms in total. The lowest BCUT2D eigenvalue weighted by Gasteiger charge is -2.28. The van der Waals surface area contributed by atoms with Gasteiger partial charge in [-0.05, 0) is 12.1 Å². The van der Waals surface area contributed by atoms with Gasteiger partial charge in [0.25, 0.3) is 0 Å². The summed E-state index contributed by atoms with van der Waals surface area (Å²) < 4.78 is 32.5. The molecule has 0 radical (unpaired) electrons. The zero-order valence-electron chi connectivity index (χ0n) is 15.7. The highest BCUT2D eigenvalue weighted by molar-refractivity contribution is 7.99. The van der Waals surface area contributed by atoms with Crippen molar-refractivity contribution in [2.75, 3.05) is 37.7 Å². The average Bonchev–Trinajstić information content (AvgIpc) is 2.69. The molecule has 0 saturated carbocycles. The molecule has 0 spiro atoms. The first-order valence-electron chi connectivity index (χ1n) is 9.45. The summed E-state index contributed by atoms with van der Waals surface area (Å²) in [5.41, 5.74) is 1.33. The minimum atomic E-state index is -0.582. The Kier molecular flexibility index (Phi) is 8.09. The summed E-state index contributed by atoms with van der Waals surface area (Å²) in [7, 11) is 0. The molecule has 0 aromatic heterocycles. The van der Waals surface area contributed by atoms with Crippen LogP contribution in [-0.2, 0) is 13.1 Å². The van der Waals surface area contributed by atoms with Gasteiger partial charge in [0.05, 0.1) is 0 Å². The molecule has 1 fully saturated rings. The molecule has 2 N–H and O–H groups in total. The summed E-state index contributed by atoms with van der Waals surface area (Å²) in [4.78, 5) is 2.26. The van der Waals surface area contributed by atoms with E-state index < -0.39 is 17.7 Å². The molecule has 0 amide bonds. The van der Waals surface area contributed by atoms with E-state index in [4.69, 9.17) is 4.74 Å². The van der Waals surface area contributed by atoms with E-state index in [-0.39, 0.29) is 13.2 Å². The Morgan fingerprint density at radius 3 is 2.61 bits per heavy atom. The number of hydrogen-bond acceptors (Lipinski definition) is 5. The maximum absolute atomic E-state index is 13.7. The van der Waals surface area contributed by atoms with E-state index >= 15 is 0 Å². The fourth-order valence-electron chi connectivity index (χ4n) is 3.11. The summed E-state index contributed by atoms with van der Waals surface area (Å²) in [6, 6.07) is 11.2. The molecular weight excluding hydrogens is 382 g/mol. The highest BCUT2D eigenvalue weighted by Crippen LogP contribution is 2.19. The smallest absolute Gasteiger partial charge is 0.130 e. The Morgan fingerprint density at radius 2 is 1.82 bits per heavy atom. The molecule has 7 heteroatoms. The number of aliphatic hydroxyl groups excluding tert-OH is 1. The molecule has 0 bridgehead atoms. The Balaban J connectivity index is 1.48. The van der Waals surface area contributed by atoms with Gasteiger partial charge in [0.15, 0.2) is 0 Å². The lowest BCUT2D eigenvalue weighted by atomic mass is 10.1. The molecule has 2 aromatic rings. The van der Waals surface area contributed by atoms with E-state index in [0.29, 0.717) is 24.4 Å². The minimum absolute atomic E-state index is 0.229. The van der Waals surface area contributed by atoms with Crippen molar-refractivity contribution in [1.29, 1.82) is 0 Å². The maximum Gasteiger partial charge on any atom is 0.130 e. The van der Waals surface area contributed by atoms with Crippen LogP contribution in [0.5, 0.6) is 5.75 Å². The van der Waals surface area contributed by atoms with Crippen molar-refractivity contribution < 1.29 is 18.6 Å². The van der Waals surface area contributed by atoms with Gasteiger partial charge in [-0.25, -0.2) is 8.78 Å². The van der Waals surface area contributed by atoms with E-state index in [1.54, 1.807) is 0 Å². The molecule has 152 valence electrons. The van der Waals surface area contributed by atoms with Crippen LogP contribution in [0.15, 0.2) is 42.5 Å². The van der Waals surface area contributed by atoms with Crippen LogP contribution in [-0.4, -0.2) is 53.9 Å². The number of β-amino-alcohol motifs (C(OH)–C–C–N with tert-alkyl or cyclic N) is 1. The fourth-order valence-corrected chi connectivity index (χ4v) is 4.09. The Hall–Kier alpha value is -1.67. The monoisotopic (exact) mass is 408 g/mol. The van der Waals surface area contributed by atoms with Crippen LogP contribution in [0, 0.1) is 11.6 Å². The largest absolute Gasteiger partial charge is 0.491 e. The van der Waals surface area contributed by atoms with Crippen molar-refractivity contribution in [2.45, 2.75) is 19.2 Å². The van der Waals surface area contributed by atoms with E-state index in [9.17, 15) is 13.9 Å². The highest BCUT2D eigenvalue weighted by Gasteiger charge is 2.16. The Morgan fingerprint density at radius 1 is 1.07 bits per heavy atom. The first kappa shape index (κ1) is 21.0. The quantitative estimate of drug-likeness (QED) is 0.668. The van der Waals surface area contributed by atoms with Crippen molar-refractivity contribution in [2.24, 2.45) is 0 Å². The maximum atomic E-state index is 13.7. The number of rotatable bonds is 9. The lowest BCUT2D eigenvalue weighted by Crippen LogP contribution is -2.40. The lowest BCUT2D eigenvalue weighted by molar-refractivity contribution is 0.0711. The predicted molar refractivity (Wildman–Crippen MR) is 109 cm³/mol. The Labute approximate surface area is 168 Å². The molecule has 0 aliphatic carbocycles. The minimum Gasteiger partial charge on any atom is -0.491 e. The SMILES string of the molecule is OC(COc1ccccc1CNCc1ccc(F)cc1F)CN1CCSCC1. The summed E-state index contributed by atoms with van der Waals surface area (Å²) >= 11 is 1.94. The van der Waals surface area contributed by atoms with Crippen LogP contribution < -0.4 is 10.1 Å². The number of halogens is 2. The van der Waals surface area contributed by atoms with E-state index in [1.807, 2.05) is 36.0 Å². The summed E-state index contributed by atoms with van der Waals surface area (Å²) in [6.07, 6.45) is -0.544. The summed E-state index contributed by atoms with van der Waals surface area (Å²) in [5.74, 6) is 1.77. The number of aliphatic hydroxyl groups is 1. The van der Waals surface area contributed by atoms with E-state index in [2.05, 4.69) is 10.2 Å². The number of nitrogens with zero attached hydrogens (tertiary/aromatic N) is 1.